The summed E-state index contributed by atoms with van der Waals surface area (Å²) in [6.07, 6.45) is 3.18. The highest BCUT2D eigenvalue weighted by Gasteiger charge is 2.12. The van der Waals surface area contributed by atoms with Gasteiger partial charge in [-0.1, -0.05) is 6.07 Å². The summed E-state index contributed by atoms with van der Waals surface area (Å²) in [6, 6.07) is 5.45. The maximum Gasteiger partial charge on any atom is 0.387 e. The molecule has 0 saturated carbocycles. The number of ether oxygens (including phenoxy) is 2. The monoisotopic (exact) mass is 319 g/mol. The molecular formula is C15H23F2NO2S. The normalized spacial score (nSPS) is 12.5. The number of nitrogens with one attached hydrogen (secondary N) is 1. The summed E-state index contributed by atoms with van der Waals surface area (Å²) >= 11 is 1.82. The third-order valence-corrected chi connectivity index (χ3v) is 3.58. The summed E-state index contributed by atoms with van der Waals surface area (Å²) in [4.78, 5) is 0. The molecule has 0 spiro atoms. The zero-order valence-electron chi connectivity index (χ0n) is 12.7. The van der Waals surface area contributed by atoms with Gasteiger partial charge in [0.15, 0.2) is 11.5 Å². The lowest BCUT2D eigenvalue weighted by Crippen LogP contribution is -2.26. The van der Waals surface area contributed by atoms with E-state index in [0.29, 0.717) is 24.9 Å². The highest BCUT2D eigenvalue weighted by molar-refractivity contribution is 7.98. The van der Waals surface area contributed by atoms with Crippen molar-refractivity contribution < 1.29 is 18.3 Å². The Kier molecular flexibility index (Phi) is 8.45. The first kappa shape index (κ1) is 18.0. The van der Waals surface area contributed by atoms with Gasteiger partial charge in [-0.25, -0.2) is 0 Å². The van der Waals surface area contributed by atoms with Crippen LogP contribution >= 0.6 is 11.8 Å². The second kappa shape index (κ2) is 9.84. The Bertz CT molecular complexity index is 419. The third kappa shape index (κ3) is 7.00. The fourth-order valence-electron chi connectivity index (χ4n) is 1.81. The molecular weight excluding hydrogens is 296 g/mol. The van der Waals surface area contributed by atoms with E-state index < -0.39 is 6.61 Å². The van der Waals surface area contributed by atoms with E-state index in [-0.39, 0.29) is 5.75 Å². The van der Waals surface area contributed by atoms with Crippen LogP contribution in [0.5, 0.6) is 11.5 Å². The molecule has 0 amide bonds. The number of thioether (sulfide) groups is 1. The van der Waals surface area contributed by atoms with Crippen LogP contribution in [-0.2, 0) is 6.54 Å². The number of hydrogen-bond donors (Lipinski definition) is 1. The van der Waals surface area contributed by atoms with Gasteiger partial charge in [-0.3, -0.25) is 0 Å². The molecule has 0 fully saturated rings. The molecule has 1 aromatic rings. The molecule has 1 aromatic carbocycles. The van der Waals surface area contributed by atoms with E-state index in [1.807, 2.05) is 18.7 Å². The first-order valence-corrected chi connectivity index (χ1v) is 8.39. The highest BCUT2D eigenvalue weighted by atomic mass is 32.2. The molecule has 120 valence electrons. The first-order chi connectivity index (χ1) is 10.1. The fourth-order valence-corrected chi connectivity index (χ4v) is 2.40. The van der Waals surface area contributed by atoms with Crippen molar-refractivity contribution in [1.82, 2.24) is 5.32 Å². The predicted octanol–water partition coefficient (Wildman–Crippen LogP) is 3.92. The molecule has 0 aromatic heterocycles. The molecule has 1 N–H and O–H groups in total. The molecule has 0 radical (unpaired) electrons. The topological polar surface area (TPSA) is 30.5 Å². The average molecular weight is 319 g/mol. The lowest BCUT2D eigenvalue weighted by atomic mass is 10.1. The number of benzene rings is 1. The Morgan fingerprint density at radius 3 is 2.67 bits per heavy atom. The van der Waals surface area contributed by atoms with E-state index in [0.717, 1.165) is 17.7 Å². The molecule has 1 atom stereocenters. The van der Waals surface area contributed by atoms with Gasteiger partial charge in [0.1, 0.15) is 0 Å². The van der Waals surface area contributed by atoms with Crippen molar-refractivity contribution in [1.29, 1.82) is 0 Å². The SMILES string of the molecule is CCOc1cc(CNC(C)CCSC)ccc1OC(F)F. The van der Waals surface area contributed by atoms with Crippen molar-refractivity contribution in [3.8, 4) is 11.5 Å². The first-order valence-electron chi connectivity index (χ1n) is 6.99. The standard InChI is InChI=1S/C15H23F2NO2S/c1-4-19-14-9-12(5-6-13(14)20-15(16)17)10-18-11(2)7-8-21-3/h5-6,9,11,15,18H,4,7-8,10H2,1-3H3. The van der Waals surface area contributed by atoms with Crippen LogP contribution in [0.15, 0.2) is 18.2 Å². The molecule has 0 bridgehead atoms. The maximum atomic E-state index is 12.3. The van der Waals surface area contributed by atoms with Gasteiger partial charge in [0.05, 0.1) is 6.61 Å². The minimum absolute atomic E-state index is 0.0750. The summed E-state index contributed by atoms with van der Waals surface area (Å²) in [5.74, 6) is 1.54. The van der Waals surface area contributed by atoms with E-state index in [9.17, 15) is 8.78 Å². The van der Waals surface area contributed by atoms with Gasteiger partial charge < -0.3 is 14.8 Å². The van der Waals surface area contributed by atoms with Gasteiger partial charge in [0.25, 0.3) is 0 Å². The molecule has 0 aliphatic rings. The minimum Gasteiger partial charge on any atom is -0.490 e. The number of alkyl halides is 2. The summed E-state index contributed by atoms with van der Waals surface area (Å²) in [5.41, 5.74) is 0.982. The molecule has 0 heterocycles. The molecule has 3 nitrogen and oxygen atoms in total. The second-order valence-corrected chi connectivity index (χ2v) is 5.64. The van der Waals surface area contributed by atoms with Crippen LogP contribution in [0.1, 0.15) is 25.8 Å². The van der Waals surface area contributed by atoms with E-state index in [1.165, 1.54) is 6.07 Å². The zero-order chi connectivity index (χ0) is 15.7. The molecule has 0 saturated heterocycles. The summed E-state index contributed by atoms with van der Waals surface area (Å²) in [5, 5.41) is 3.41. The molecule has 6 heteroatoms. The van der Waals surface area contributed by atoms with E-state index in [4.69, 9.17) is 4.74 Å². The van der Waals surface area contributed by atoms with Crippen LogP contribution in [-0.4, -0.2) is 31.3 Å². The Balaban J connectivity index is 2.64. The largest absolute Gasteiger partial charge is 0.490 e. The van der Waals surface area contributed by atoms with Gasteiger partial charge in [-0.2, -0.15) is 20.5 Å². The lowest BCUT2D eigenvalue weighted by Gasteiger charge is -2.15. The van der Waals surface area contributed by atoms with Gasteiger partial charge in [0.2, 0.25) is 0 Å². The smallest absolute Gasteiger partial charge is 0.387 e. The van der Waals surface area contributed by atoms with E-state index in [2.05, 4.69) is 23.2 Å². The Morgan fingerprint density at radius 1 is 1.29 bits per heavy atom. The summed E-state index contributed by atoms with van der Waals surface area (Å²) in [7, 11) is 0. The second-order valence-electron chi connectivity index (χ2n) is 4.66. The van der Waals surface area contributed by atoms with E-state index in [1.54, 1.807) is 12.1 Å². The van der Waals surface area contributed by atoms with Crippen molar-refractivity contribution >= 4 is 11.8 Å². The summed E-state index contributed by atoms with van der Waals surface area (Å²) < 4.78 is 34.5. The fraction of sp³-hybridized carbons (Fsp3) is 0.600. The van der Waals surface area contributed by atoms with Crippen LogP contribution in [0.2, 0.25) is 0 Å². The average Bonchev–Trinajstić information content (AvgIpc) is 2.45. The van der Waals surface area contributed by atoms with Crippen LogP contribution in [0.4, 0.5) is 8.78 Å². The van der Waals surface area contributed by atoms with Gasteiger partial charge in [-0.15, -0.1) is 0 Å². The molecule has 0 aliphatic heterocycles. The van der Waals surface area contributed by atoms with Crippen molar-refractivity contribution in [3.63, 3.8) is 0 Å². The quantitative estimate of drug-likeness (QED) is 0.708. The van der Waals surface area contributed by atoms with Crippen molar-refractivity contribution in [2.45, 2.75) is 39.5 Å². The van der Waals surface area contributed by atoms with Crippen LogP contribution in [0.3, 0.4) is 0 Å². The molecule has 1 unspecified atom stereocenters. The maximum absolute atomic E-state index is 12.3. The Labute approximate surface area is 129 Å². The Hall–Kier alpha value is -1.01. The third-order valence-electron chi connectivity index (χ3n) is 2.93. The predicted molar refractivity (Wildman–Crippen MR) is 83.5 cm³/mol. The Morgan fingerprint density at radius 2 is 2.05 bits per heavy atom. The van der Waals surface area contributed by atoms with Gasteiger partial charge in [0, 0.05) is 12.6 Å². The highest BCUT2D eigenvalue weighted by Crippen LogP contribution is 2.29. The number of hydrogen-bond acceptors (Lipinski definition) is 4. The molecule has 0 aliphatic carbocycles. The van der Waals surface area contributed by atoms with E-state index >= 15 is 0 Å². The molecule has 1 rings (SSSR count). The minimum atomic E-state index is -2.85. The lowest BCUT2D eigenvalue weighted by molar-refractivity contribution is -0.0514. The zero-order valence-corrected chi connectivity index (χ0v) is 13.5. The molecule has 21 heavy (non-hydrogen) atoms. The van der Waals surface area contributed by atoms with Crippen molar-refractivity contribution in [2.24, 2.45) is 0 Å². The van der Waals surface area contributed by atoms with Crippen molar-refractivity contribution in [2.75, 3.05) is 18.6 Å². The van der Waals surface area contributed by atoms with Crippen LogP contribution in [0, 0.1) is 0 Å². The number of halogens is 2. The van der Waals surface area contributed by atoms with Crippen LogP contribution < -0.4 is 14.8 Å². The number of rotatable bonds is 10. The van der Waals surface area contributed by atoms with Gasteiger partial charge >= 0.3 is 6.61 Å². The van der Waals surface area contributed by atoms with Gasteiger partial charge in [-0.05, 0) is 50.0 Å². The van der Waals surface area contributed by atoms with Crippen molar-refractivity contribution in [3.05, 3.63) is 23.8 Å². The summed E-state index contributed by atoms with van der Waals surface area (Å²) in [6.45, 7) is 2.17. The van der Waals surface area contributed by atoms with Crippen LogP contribution in [0.25, 0.3) is 0 Å².